The van der Waals surface area contributed by atoms with Crippen LogP contribution in [0.2, 0.25) is 0 Å². The van der Waals surface area contributed by atoms with E-state index in [-0.39, 0.29) is 6.10 Å². The second kappa shape index (κ2) is 6.08. The van der Waals surface area contributed by atoms with Crippen molar-refractivity contribution in [2.75, 3.05) is 18.0 Å². The lowest BCUT2D eigenvalue weighted by Gasteiger charge is -2.17. The van der Waals surface area contributed by atoms with Crippen molar-refractivity contribution < 1.29 is 9.26 Å². The van der Waals surface area contributed by atoms with Gasteiger partial charge in [-0.2, -0.15) is 0 Å². The van der Waals surface area contributed by atoms with Gasteiger partial charge in [-0.15, -0.1) is 10.2 Å². The van der Waals surface area contributed by atoms with Gasteiger partial charge in [0.2, 0.25) is 5.95 Å². The van der Waals surface area contributed by atoms with Crippen molar-refractivity contribution in [3.8, 4) is 0 Å². The van der Waals surface area contributed by atoms with Gasteiger partial charge < -0.3 is 18.7 Å². The van der Waals surface area contributed by atoms with Gasteiger partial charge in [-0.05, 0) is 20.3 Å². The summed E-state index contributed by atoms with van der Waals surface area (Å²) in [5.41, 5.74) is 1.97. The van der Waals surface area contributed by atoms with E-state index in [4.69, 9.17) is 9.26 Å². The van der Waals surface area contributed by atoms with Crippen molar-refractivity contribution in [1.29, 1.82) is 0 Å². The fourth-order valence-corrected chi connectivity index (χ4v) is 2.89. The molecule has 120 valence electrons. The topological polar surface area (TPSA) is 69.2 Å². The quantitative estimate of drug-likeness (QED) is 0.838. The highest BCUT2D eigenvalue weighted by Gasteiger charge is 2.27. The second-order valence-electron chi connectivity index (χ2n) is 5.80. The van der Waals surface area contributed by atoms with Crippen molar-refractivity contribution in [1.82, 2.24) is 19.9 Å². The smallest absolute Gasteiger partial charge is 0.227 e. The molecule has 7 heteroatoms. The molecule has 1 unspecified atom stereocenters. The molecule has 3 heterocycles. The van der Waals surface area contributed by atoms with Crippen LogP contribution in [-0.2, 0) is 24.8 Å². The number of nitrogens with zero attached hydrogens (tertiary/aromatic N) is 5. The summed E-state index contributed by atoms with van der Waals surface area (Å²) in [4.78, 5) is 2.24. The Labute approximate surface area is 130 Å². The predicted molar refractivity (Wildman–Crippen MR) is 81.8 cm³/mol. The van der Waals surface area contributed by atoms with E-state index in [1.165, 1.54) is 0 Å². The number of hydrogen-bond acceptors (Lipinski definition) is 6. The van der Waals surface area contributed by atoms with Crippen LogP contribution in [0.1, 0.15) is 36.2 Å². The largest absolute Gasteiger partial charge is 0.371 e. The van der Waals surface area contributed by atoms with Gasteiger partial charge in [-0.25, -0.2) is 0 Å². The summed E-state index contributed by atoms with van der Waals surface area (Å²) < 4.78 is 13.3. The lowest BCUT2D eigenvalue weighted by Crippen LogP contribution is -2.25. The van der Waals surface area contributed by atoms with Gasteiger partial charge in [-0.1, -0.05) is 12.1 Å². The van der Waals surface area contributed by atoms with E-state index < -0.39 is 0 Å². The molecule has 0 aromatic carbocycles. The van der Waals surface area contributed by atoms with Crippen molar-refractivity contribution in [3.05, 3.63) is 22.8 Å². The molecule has 0 N–H and O–H groups in total. The van der Waals surface area contributed by atoms with Crippen LogP contribution < -0.4 is 4.90 Å². The summed E-state index contributed by atoms with van der Waals surface area (Å²) in [5.74, 6) is 2.78. The molecule has 0 bridgehead atoms. The van der Waals surface area contributed by atoms with E-state index in [9.17, 15) is 0 Å². The number of rotatable bonds is 5. The molecule has 1 fully saturated rings. The lowest BCUT2D eigenvalue weighted by atomic mass is 10.2. The Morgan fingerprint density at radius 2 is 2.14 bits per heavy atom. The van der Waals surface area contributed by atoms with E-state index >= 15 is 0 Å². The highest BCUT2D eigenvalue weighted by atomic mass is 16.5. The summed E-state index contributed by atoms with van der Waals surface area (Å²) in [6.45, 7) is 8.31. The highest BCUT2D eigenvalue weighted by Crippen LogP contribution is 2.22. The number of aromatic nitrogens is 4. The van der Waals surface area contributed by atoms with Crippen molar-refractivity contribution in [2.45, 2.75) is 46.3 Å². The van der Waals surface area contributed by atoms with Gasteiger partial charge in [0.15, 0.2) is 0 Å². The van der Waals surface area contributed by atoms with E-state index in [0.29, 0.717) is 6.61 Å². The second-order valence-corrected chi connectivity index (χ2v) is 5.80. The van der Waals surface area contributed by atoms with Gasteiger partial charge in [-0.3, -0.25) is 0 Å². The number of aryl methyl sites for hydroxylation is 3. The minimum atomic E-state index is 0.204. The molecule has 0 radical (unpaired) electrons. The maximum Gasteiger partial charge on any atom is 0.227 e. The van der Waals surface area contributed by atoms with Gasteiger partial charge >= 0.3 is 0 Å². The number of hydrogen-bond donors (Lipinski definition) is 0. The average Bonchev–Trinajstić information content (AvgIpc) is 3.18. The van der Waals surface area contributed by atoms with Crippen LogP contribution in [0.3, 0.4) is 0 Å². The summed E-state index contributed by atoms with van der Waals surface area (Å²) in [7, 11) is 2.02. The number of anilines is 1. The van der Waals surface area contributed by atoms with Crippen LogP contribution in [0.5, 0.6) is 0 Å². The third-order valence-corrected chi connectivity index (χ3v) is 4.33. The SMILES string of the molecule is CCc1nnc(N2CCC(OCc3c(C)noc3C)C2)n1C. The lowest BCUT2D eigenvalue weighted by molar-refractivity contribution is 0.0543. The maximum atomic E-state index is 6.03. The Hall–Kier alpha value is -1.89. The molecule has 1 atom stereocenters. The molecule has 1 saturated heterocycles. The summed E-state index contributed by atoms with van der Waals surface area (Å²) in [6.07, 6.45) is 2.09. The number of ether oxygens (including phenoxy) is 1. The van der Waals surface area contributed by atoms with Gasteiger partial charge in [0, 0.05) is 32.1 Å². The van der Waals surface area contributed by atoms with Gasteiger partial charge in [0.1, 0.15) is 11.6 Å². The summed E-state index contributed by atoms with van der Waals surface area (Å²) in [5, 5.41) is 12.5. The molecule has 7 nitrogen and oxygen atoms in total. The highest BCUT2D eigenvalue weighted by molar-refractivity contribution is 5.33. The predicted octanol–water partition coefficient (Wildman–Crippen LogP) is 1.78. The maximum absolute atomic E-state index is 6.03. The molecule has 3 rings (SSSR count). The third kappa shape index (κ3) is 2.72. The van der Waals surface area contributed by atoms with Crippen molar-refractivity contribution >= 4 is 5.95 Å². The standard InChI is InChI=1S/C15H23N5O2/c1-5-14-16-17-15(19(14)4)20-7-6-12(8-20)21-9-13-10(2)18-22-11(13)3/h12H,5-9H2,1-4H3. The zero-order valence-electron chi connectivity index (χ0n) is 13.7. The van der Waals surface area contributed by atoms with Gasteiger partial charge in [0.25, 0.3) is 0 Å². The molecular weight excluding hydrogens is 282 g/mol. The first-order valence-corrected chi connectivity index (χ1v) is 7.76. The normalized spacial score (nSPS) is 18.4. The zero-order chi connectivity index (χ0) is 15.7. The summed E-state index contributed by atoms with van der Waals surface area (Å²) >= 11 is 0. The molecule has 2 aromatic rings. The average molecular weight is 305 g/mol. The Balaban J connectivity index is 1.59. The van der Waals surface area contributed by atoms with Crippen LogP contribution in [0.25, 0.3) is 0 Å². The van der Waals surface area contributed by atoms with Gasteiger partial charge in [0.05, 0.1) is 18.4 Å². The monoisotopic (exact) mass is 305 g/mol. The van der Waals surface area contributed by atoms with E-state index in [2.05, 4.69) is 31.7 Å². The van der Waals surface area contributed by atoms with Crippen LogP contribution in [0, 0.1) is 13.8 Å². The molecular formula is C15H23N5O2. The van der Waals surface area contributed by atoms with E-state index in [0.717, 1.165) is 54.7 Å². The molecule has 0 spiro atoms. The Kier molecular flexibility index (Phi) is 4.15. The fourth-order valence-electron chi connectivity index (χ4n) is 2.89. The molecule has 1 aliphatic rings. The Bertz CT molecular complexity index is 629. The fraction of sp³-hybridized carbons (Fsp3) is 0.667. The molecule has 22 heavy (non-hydrogen) atoms. The first-order chi connectivity index (χ1) is 10.6. The molecule has 2 aromatic heterocycles. The van der Waals surface area contributed by atoms with Crippen LogP contribution in [0.4, 0.5) is 5.95 Å². The minimum Gasteiger partial charge on any atom is -0.371 e. The van der Waals surface area contributed by atoms with Crippen LogP contribution in [0.15, 0.2) is 4.52 Å². The zero-order valence-corrected chi connectivity index (χ0v) is 13.7. The third-order valence-electron chi connectivity index (χ3n) is 4.33. The van der Waals surface area contributed by atoms with Crippen LogP contribution in [-0.4, -0.2) is 39.1 Å². The molecule has 1 aliphatic heterocycles. The van der Waals surface area contributed by atoms with Crippen molar-refractivity contribution in [3.63, 3.8) is 0 Å². The Morgan fingerprint density at radius 3 is 2.77 bits per heavy atom. The first-order valence-electron chi connectivity index (χ1n) is 7.76. The molecule has 0 aliphatic carbocycles. The first kappa shape index (κ1) is 15.0. The van der Waals surface area contributed by atoms with Crippen molar-refractivity contribution in [2.24, 2.45) is 7.05 Å². The Morgan fingerprint density at radius 1 is 1.32 bits per heavy atom. The molecule has 0 amide bonds. The van der Waals surface area contributed by atoms with Crippen LogP contribution >= 0.6 is 0 Å². The van der Waals surface area contributed by atoms with E-state index in [1.54, 1.807) is 0 Å². The summed E-state index contributed by atoms with van der Waals surface area (Å²) in [6, 6.07) is 0. The minimum absolute atomic E-state index is 0.204. The molecule has 0 saturated carbocycles. The van der Waals surface area contributed by atoms with E-state index in [1.807, 2.05) is 20.9 Å².